The van der Waals surface area contributed by atoms with Gasteiger partial charge in [0, 0.05) is 10.6 Å². The van der Waals surface area contributed by atoms with Crippen molar-refractivity contribution in [2.75, 3.05) is 7.11 Å². The molecule has 0 radical (unpaired) electrons. The summed E-state index contributed by atoms with van der Waals surface area (Å²) in [5.41, 5.74) is 4.36. The van der Waals surface area contributed by atoms with Gasteiger partial charge in [-0.05, 0) is 43.2 Å². The van der Waals surface area contributed by atoms with Gasteiger partial charge in [-0.1, -0.05) is 35.4 Å². The average molecular weight is 295 g/mol. The molecule has 0 fully saturated rings. The summed E-state index contributed by atoms with van der Waals surface area (Å²) in [5, 5.41) is 0.389. The Bertz CT molecular complexity index is 593. The number of methoxy groups -OCH3 is 1. The first kappa shape index (κ1) is 14.2. The normalized spacial score (nSPS) is 12.3. The van der Waals surface area contributed by atoms with Crippen molar-refractivity contribution in [3.8, 4) is 5.75 Å². The first-order valence-electron chi connectivity index (χ1n) is 6.07. The molecule has 100 valence electrons. The topological polar surface area (TPSA) is 9.23 Å². The van der Waals surface area contributed by atoms with E-state index in [2.05, 4.69) is 32.0 Å². The van der Waals surface area contributed by atoms with E-state index in [1.165, 1.54) is 11.1 Å². The lowest BCUT2D eigenvalue weighted by atomic mass is 9.98. The lowest BCUT2D eigenvalue weighted by molar-refractivity contribution is 0.410. The maximum absolute atomic E-state index is 6.61. The molecule has 0 aromatic heterocycles. The van der Waals surface area contributed by atoms with E-state index >= 15 is 0 Å². The number of hydrogen-bond acceptors (Lipinski definition) is 1. The Morgan fingerprint density at radius 1 is 1.00 bits per heavy atom. The molecule has 2 aromatic carbocycles. The van der Waals surface area contributed by atoms with Gasteiger partial charge in [-0.3, -0.25) is 0 Å². The van der Waals surface area contributed by atoms with Crippen molar-refractivity contribution in [3.05, 3.63) is 63.7 Å². The molecule has 0 aliphatic carbocycles. The molecular formula is C16H16Cl2O. The summed E-state index contributed by atoms with van der Waals surface area (Å²) in [4.78, 5) is 0. The molecule has 1 unspecified atom stereocenters. The highest BCUT2D eigenvalue weighted by molar-refractivity contribution is 6.31. The Kier molecular flexibility index (Phi) is 4.38. The SMILES string of the molecule is COc1ccc(Cl)cc1C(Cl)c1ccc(C)cc1C. The summed E-state index contributed by atoms with van der Waals surface area (Å²) >= 11 is 12.7. The van der Waals surface area contributed by atoms with Crippen LogP contribution >= 0.6 is 23.2 Å². The van der Waals surface area contributed by atoms with Crippen LogP contribution in [0.3, 0.4) is 0 Å². The Hall–Kier alpha value is -1.18. The van der Waals surface area contributed by atoms with E-state index in [0.29, 0.717) is 5.02 Å². The Morgan fingerprint density at radius 2 is 1.74 bits per heavy atom. The molecular weight excluding hydrogens is 279 g/mol. The fraction of sp³-hybridized carbons (Fsp3) is 0.250. The van der Waals surface area contributed by atoms with Crippen LogP contribution in [0.1, 0.15) is 27.6 Å². The first-order chi connectivity index (χ1) is 9.02. The van der Waals surface area contributed by atoms with Crippen molar-refractivity contribution in [1.82, 2.24) is 0 Å². The van der Waals surface area contributed by atoms with Gasteiger partial charge in [0.15, 0.2) is 0 Å². The van der Waals surface area contributed by atoms with Gasteiger partial charge >= 0.3 is 0 Å². The van der Waals surface area contributed by atoms with Gasteiger partial charge in [0.05, 0.1) is 12.5 Å². The van der Waals surface area contributed by atoms with Gasteiger partial charge in [-0.25, -0.2) is 0 Å². The number of aryl methyl sites for hydroxylation is 2. The van der Waals surface area contributed by atoms with Gasteiger partial charge in [0.2, 0.25) is 0 Å². The summed E-state index contributed by atoms with van der Waals surface area (Å²) in [5.74, 6) is 0.754. The second-order valence-electron chi connectivity index (χ2n) is 4.61. The van der Waals surface area contributed by atoms with Crippen molar-refractivity contribution in [2.24, 2.45) is 0 Å². The third-order valence-corrected chi connectivity index (χ3v) is 3.87. The second-order valence-corrected chi connectivity index (χ2v) is 5.48. The van der Waals surface area contributed by atoms with Crippen LogP contribution in [0.5, 0.6) is 5.75 Å². The molecule has 1 atom stereocenters. The van der Waals surface area contributed by atoms with E-state index in [4.69, 9.17) is 27.9 Å². The smallest absolute Gasteiger partial charge is 0.123 e. The van der Waals surface area contributed by atoms with Crippen molar-refractivity contribution >= 4 is 23.2 Å². The summed E-state index contributed by atoms with van der Waals surface area (Å²) in [6.45, 7) is 4.13. The summed E-state index contributed by atoms with van der Waals surface area (Å²) < 4.78 is 5.36. The van der Waals surface area contributed by atoms with E-state index in [9.17, 15) is 0 Å². The van der Waals surface area contributed by atoms with Crippen LogP contribution in [-0.4, -0.2) is 7.11 Å². The monoisotopic (exact) mass is 294 g/mol. The van der Waals surface area contributed by atoms with E-state index in [1.807, 2.05) is 12.1 Å². The quantitative estimate of drug-likeness (QED) is 0.699. The molecule has 0 spiro atoms. The molecule has 0 heterocycles. The third-order valence-electron chi connectivity index (χ3n) is 3.16. The van der Waals surface area contributed by atoms with Gasteiger partial charge < -0.3 is 4.74 Å². The Morgan fingerprint density at radius 3 is 2.37 bits per heavy atom. The second kappa shape index (κ2) is 5.85. The third kappa shape index (κ3) is 3.05. The highest BCUT2D eigenvalue weighted by Crippen LogP contribution is 2.37. The predicted octanol–water partition coefficient (Wildman–Crippen LogP) is 5.29. The number of hydrogen-bond donors (Lipinski definition) is 0. The first-order valence-corrected chi connectivity index (χ1v) is 6.89. The maximum atomic E-state index is 6.61. The van der Waals surface area contributed by atoms with Crippen molar-refractivity contribution in [2.45, 2.75) is 19.2 Å². The van der Waals surface area contributed by atoms with Crippen molar-refractivity contribution in [3.63, 3.8) is 0 Å². The molecule has 19 heavy (non-hydrogen) atoms. The highest BCUT2D eigenvalue weighted by Gasteiger charge is 2.18. The standard InChI is InChI=1S/C16H16Cl2O/c1-10-4-6-13(11(2)8-10)16(18)14-9-12(17)5-7-15(14)19-3/h4-9,16H,1-3H3. The van der Waals surface area contributed by atoms with Crippen LogP contribution in [0.4, 0.5) is 0 Å². The minimum atomic E-state index is -0.269. The van der Waals surface area contributed by atoms with E-state index < -0.39 is 0 Å². The number of alkyl halides is 1. The number of benzene rings is 2. The molecule has 3 heteroatoms. The molecule has 0 N–H and O–H groups in total. The van der Waals surface area contributed by atoms with Crippen molar-refractivity contribution < 1.29 is 4.74 Å². The number of rotatable bonds is 3. The summed E-state index contributed by atoms with van der Waals surface area (Å²) in [7, 11) is 1.64. The van der Waals surface area contributed by atoms with Crippen LogP contribution in [-0.2, 0) is 0 Å². The fourth-order valence-electron chi connectivity index (χ4n) is 2.18. The minimum Gasteiger partial charge on any atom is -0.496 e. The zero-order chi connectivity index (χ0) is 14.0. The Labute approximate surface area is 124 Å². The van der Waals surface area contributed by atoms with Gasteiger partial charge in [0.1, 0.15) is 5.75 Å². The molecule has 0 bridgehead atoms. The molecule has 0 saturated heterocycles. The van der Waals surface area contributed by atoms with E-state index in [1.54, 1.807) is 13.2 Å². The van der Waals surface area contributed by atoms with Gasteiger partial charge in [0.25, 0.3) is 0 Å². The van der Waals surface area contributed by atoms with E-state index in [0.717, 1.165) is 16.9 Å². The highest BCUT2D eigenvalue weighted by atomic mass is 35.5. The van der Waals surface area contributed by atoms with Crippen LogP contribution < -0.4 is 4.74 Å². The molecule has 1 nitrogen and oxygen atoms in total. The summed E-state index contributed by atoms with van der Waals surface area (Å²) in [6.07, 6.45) is 0. The van der Waals surface area contributed by atoms with Gasteiger partial charge in [-0.15, -0.1) is 11.6 Å². The Balaban J connectivity index is 2.49. The molecule has 2 rings (SSSR count). The number of halogens is 2. The molecule has 0 saturated carbocycles. The molecule has 2 aromatic rings. The lowest BCUT2D eigenvalue weighted by Gasteiger charge is -2.17. The number of ether oxygens (including phenoxy) is 1. The predicted molar refractivity (Wildman–Crippen MR) is 81.6 cm³/mol. The van der Waals surface area contributed by atoms with Crippen molar-refractivity contribution in [1.29, 1.82) is 0 Å². The van der Waals surface area contributed by atoms with E-state index in [-0.39, 0.29) is 5.38 Å². The zero-order valence-corrected chi connectivity index (χ0v) is 12.7. The van der Waals surface area contributed by atoms with Crippen LogP contribution in [0, 0.1) is 13.8 Å². The van der Waals surface area contributed by atoms with Crippen LogP contribution in [0.25, 0.3) is 0 Å². The zero-order valence-electron chi connectivity index (χ0n) is 11.2. The lowest BCUT2D eigenvalue weighted by Crippen LogP contribution is -2.00. The minimum absolute atomic E-state index is 0.269. The summed E-state index contributed by atoms with van der Waals surface area (Å²) in [6, 6.07) is 11.8. The molecule has 0 aliphatic rings. The maximum Gasteiger partial charge on any atom is 0.123 e. The van der Waals surface area contributed by atoms with Gasteiger partial charge in [-0.2, -0.15) is 0 Å². The largest absolute Gasteiger partial charge is 0.496 e. The van der Waals surface area contributed by atoms with Crippen LogP contribution in [0.2, 0.25) is 5.02 Å². The molecule has 0 aliphatic heterocycles. The van der Waals surface area contributed by atoms with Crippen LogP contribution in [0.15, 0.2) is 36.4 Å². The fourth-order valence-corrected chi connectivity index (χ4v) is 2.78. The average Bonchev–Trinajstić information content (AvgIpc) is 2.38. The molecule has 0 amide bonds.